The zero-order chi connectivity index (χ0) is 17.9. The number of fused-ring (bicyclic) bond motifs is 2. The van der Waals surface area contributed by atoms with Gasteiger partial charge >= 0.3 is 26.2 Å². The minimum Gasteiger partial charge on any atom is -1.00 e. The molecule has 29 heavy (non-hydrogen) atoms. The third-order valence-electron chi connectivity index (χ3n) is 4.60. The summed E-state index contributed by atoms with van der Waals surface area (Å²) in [6, 6.07) is 16.9. The molecule has 0 saturated heterocycles. The number of benzene rings is 1. The van der Waals surface area contributed by atoms with Gasteiger partial charge in [-0.15, -0.1) is 34.5 Å². The number of aliphatic imine (C=N–C) groups is 1. The predicted molar refractivity (Wildman–Crippen MR) is 111 cm³/mol. The van der Waals surface area contributed by atoms with Crippen molar-refractivity contribution in [3.05, 3.63) is 95.9 Å². The molecule has 3 aromatic rings. The van der Waals surface area contributed by atoms with E-state index in [1.165, 1.54) is 33.2 Å². The molecule has 1 radical (unpaired) electrons. The monoisotopic (exact) mass is 497 g/mol. The van der Waals surface area contributed by atoms with Crippen LogP contribution in [-0.4, -0.2) is 10.7 Å². The molecule has 0 saturated carbocycles. The van der Waals surface area contributed by atoms with Crippen molar-refractivity contribution in [1.82, 2.24) is 4.98 Å². The van der Waals surface area contributed by atoms with E-state index in [-0.39, 0.29) is 51.0 Å². The van der Waals surface area contributed by atoms with Gasteiger partial charge in [-0.2, -0.15) is 0 Å². The van der Waals surface area contributed by atoms with Gasteiger partial charge in [0.15, 0.2) is 0 Å². The van der Waals surface area contributed by atoms with Crippen LogP contribution < -0.4 is 24.8 Å². The Labute approximate surface area is 203 Å². The standard InChI is InChI=1S/C15H12N.C9H9N.2ClH.Zr/c1-11-6-7-15(16-10-11)14-8-12-4-2-3-5-13(12)9-14;1-2-8-6-7-4-3-5-9(7)10-8;;;/h2-10H,1H3;3-6H,2H2,1H3;2*1H;/q-1;;;;+3/p-2. The Balaban J connectivity index is 0.000000285. The summed E-state index contributed by atoms with van der Waals surface area (Å²) >= 11 is 0. The Kier molecular flexibility index (Phi) is 10.1. The van der Waals surface area contributed by atoms with Crippen molar-refractivity contribution in [2.45, 2.75) is 20.3 Å². The number of hydrogen-bond acceptors (Lipinski definition) is 2. The second-order valence-electron chi connectivity index (χ2n) is 6.56. The third kappa shape index (κ3) is 5.92. The van der Waals surface area contributed by atoms with Gasteiger partial charge < -0.3 is 24.8 Å². The van der Waals surface area contributed by atoms with E-state index in [1.54, 1.807) is 0 Å². The normalized spacial score (nSPS) is 13.0. The average Bonchev–Trinajstić information content (AvgIpc) is 3.36. The van der Waals surface area contributed by atoms with Gasteiger partial charge in [0.2, 0.25) is 0 Å². The van der Waals surface area contributed by atoms with Crippen molar-refractivity contribution in [2.75, 3.05) is 0 Å². The van der Waals surface area contributed by atoms with Crippen LogP contribution in [0.4, 0.5) is 0 Å². The number of allylic oxidation sites excluding steroid dienone is 4. The van der Waals surface area contributed by atoms with Gasteiger partial charge in [0, 0.05) is 23.2 Å². The maximum absolute atomic E-state index is 4.44. The molecule has 2 aliphatic rings. The smallest absolute Gasteiger partial charge is 1.00 e. The Bertz CT molecular complexity index is 1040. The van der Waals surface area contributed by atoms with Crippen molar-refractivity contribution in [3.8, 4) is 11.3 Å². The van der Waals surface area contributed by atoms with Crippen LogP contribution in [0, 0.1) is 6.92 Å². The molecule has 5 heteroatoms. The molecule has 1 aromatic heterocycles. The molecule has 0 spiro atoms. The maximum atomic E-state index is 4.44. The number of halogens is 2. The molecule has 1 aliphatic heterocycles. The first-order valence-electron chi connectivity index (χ1n) is 8.99. The second kappa shape index (κ2) is 11.5. The van der Waals surface area contributed by atoms with E-state index in [2.05, 4.69) is 90.6 Å². The van der Waals surface area contributed by atoms with E-state index < -0.39 is 0 Å². The quantitative estimate of drug-likeness (QED) is 0.462. The Morgan fingerprint density at radius 3 is 2.48 bits per heavy atom. The largest absolute Gasteiger partial charge is 3.00 e. The molecule has 0 fully saturated rings. The summed E-state index contributed by atoms with van der Waals surface area (Å²) in [6.45, 7) is 4.18. The molecule has 0 bridgehead atoms. The van der Waals surface area contributed by atoms with Crippen LogP contribution in [0.1, 0.15) is 18.9 Å². The topological polar surface area (TPSA) is 25.2 Å². The van der Waals surface area contributed by atoms with Crippen LogP contribution in [0.15, 0.2) is 95.3 Å². The molecule has 2 heterocycles. The van der Waals surface area contributed by atoms with Crippen LogP contribution in [0.2, 0.25) is 0 Å². The zero-order valence-corrected chi connectivity index (χ0v) is 20.3. The van der Waals surface area contributed by atoms with Gasteiger partial charge in [-0.1, -0.05) is 49.4 Å². The first kappa shape index (κ1) is 25.4. The number of nitrogens with zero attached hydrogens (tertiary/aromatic N) is 2. The number of pyridine rings is 1. The fourth-order valence-electron chi connectivity index (χ4n) is 3.13. The van der Waals surface area contributed by atoms with E-state index in [1.807, 2.05) is 12.3 Å². The molecule has 5 rings (SSSR count). The molecular weight excluding hydrogens is 478 g/mol. The van der Waals surface area contributed by atoms with Gasteiger partial charge in [-0.25, -0.2) is 0 Å². The molecule has 0 atom stereocenters. The summed E-state index contributed by atoms with van der Waals surface area (Å²) in [5.74, 6) is 0. The van der Waals surface area contributed by atoms with Gasteiger partial charge in [0.25, 0.3) is 0 Å². The van der Waals surface area contributed by atoms with Crippen LogP contribution >= 0.6 is 0 Å². The SMILES string of the molecule is CCC1=NC2=CC=CC2=C1.Cc1ccc(-c2cc3ccccc3[cH-]2)nc1.[Cl-].[Cl-].[Zr+3]. The first-order valence-corrected chi connectivity index (χ1v) is 8.99. The van der Waals surface area contributed by atoms with E-state index in [4.69, 9.17) is 0 Å². The van der Waals surface area contributed by atoms with E-state index in [0.717, 1.165) is 17.8 Å². The predicted octanol–water partition coefficient (Wildman–Crippen LogP) is 0.166. The van der Waals surface area contributed by atoms with Gasteiger partial charge in [-0.05, 0) is 31.1 Å². The van der Waals surface area contributed by atoms with Crippen LogP contribution in [0.5, 0.6) is 0 Å². The third-order valence-corrected chi connectivity index (χ3v) is 4.60. The number of rotatable bonds is 2. The summed E-state index contributed by atoms with van der Waals surface area (Å²) in [6.07, 6.45) is 11.3. The number of aromatic nitrogens is 1. The van der Waals surface area contributed by atoms with E-state index >= 15 is 0 Å². The van der Waals surface area contributed by atoms with Gasteiger partial charge in [0.05, 0.1) is 5.70 Å². The summed E-state index contributed by atoms with van der Waals surface area (Å²) < 4.78 is 0. The summed E-state index contributed by atoms with van der Waals surface area (Å²) in [5, 5.41) is 2.56. The molecule has 0 N–H and O–H groups in total. The summed E-state index contributed by atoms with van der Waals surface area (Å²) in [7, 11) is 0. The number of hydrogen-bond donors (Lipinski definition) is 0. The van der Waals surface area contributed by atoms with Crippen molar-refractivity contribution >= 4 is 16.5 Å². The first-order chi connectivity index (χ1) is 12.7. The minimum atomic E-state index is 0. The van der Waals surface area contributed by atoms with Gasteiger partial charge in [-0.3, -0.25) is 9.98 Å². The average molecular weight is 500 g/mol. The zero-order valence-electron chi connectivity index (χ0n) is 16.4. The molecule has 2 aromatic carbocycles. The fraction of sp³-hybridized carbons (Fsp3) is 0.125. The second-order valence-corrected chi connectivity index (χ2v) is 6.56. The van der Waals surface area contributed by atoms with Gasteiger partial charge in [0.1, 0.15) is 0 Å². The molecular formula is C24H21Cl2N2Zr. The van der Waals surface area contributed by atoms with Crippen LogP contribution in [0.25, 0.3) is 22.0 Å². The van der Waals surface area contributed by atoms with Crippen molar-refractivity contribution in [3.63, 3.8) is 0 Å². The fourth-order valence-corrected chi connectivity index (χ4v) is 3.13. The van der Waals surface area contributed by atoms with Crippen LogP contribution in [0.3, 0.4) is 0 Å². The molecule has 1 aliphatic carbocycles. The van der Waals surface area contributed by atoms with Crippen molar-refractivity contribution in [1.29, 1.82) is 0 Å². The van der Waals surface area contributed by atoms with E-state index in [9.17, 15) is 0 Å². The van der Waals surface area contributed by atoms with Crippen molar-refractivity contribution < 1.29 is 51.0 Å². The van der Waals surface area contributed by atoms with Crippen molar-refractivity contribution in [2.24, 2.45) is 4.99 Å². The minimum absolute atomic E-state index is 0. The maximum Gasteiger partial charge on any atom is 3.00 e. The Morgan fingerprint density at radius 2 is 1.83 bits per heavy atom. The Hall–Kier alpha value is -1.67. The molecule has 0 unspecified atom stereocenters. The summed E-state index contributed by atoms with van der Waals surface area (Å²) in [5.41, 5.74) is 7.04. The molecule has 2 nitrogen and oxygen atoms in total. The number of aryl methyl sites for hydroxylation is 1. The summed E-state index contributed by atoms with van der Waals surface area (Å²) in [4.78, 5) is 8.83. The molecule has 0 amide bonds. The van der Waals surface area contributed by atoms with Crippen LogP contribution in [-0.2, 0) is 26.2 Å². The molecule has 145 valence electrons. The van der Waals surface area contributed by atoms with E-state index in [0.29, 0.717) is 0 Å². The Morgan fingerprint density at radius 1 is 1.03 bits per heavy atom.